The van der Waals surface area contributed by atoms with Crippen molar-refractivity contribution in [1.82, 2.24) is 10.6 Å². The number of nitrogens with two attached hydrogens (primary N) is 1. The quantitative estimate of drug-likeness (QED) is 0.724. The molecule has 0 bridgehead atoms. The van der Waals surface area contributed by atoms with Gasteiger partial charge in [0, 0.05) is 18.7 Å². The van der Waals surface area contributed by atoms with Crippen molar-refractivity contribution in [1.29, 1.82) is 0 Å². The number of methoxy groups -OCH3 is 1. The molecule has 2 rings (SSSR count). The molecule has 126 valence electrons. The van der Waals surface area contributed by atoms with Crippen molar-refractivity contribution in [2.75, 3.05) is 13.7 Å². The summed E-state index contributed by atoms with van der Waals surface area (Å²) in [7, 11) is 1.63. The molecular formula is C18H21N3O3. The fourth-order valence-corrected chi connectivity index (χ4v) is 2.19. The van der Waals surface area contributed by atoms with E-state index in [2.05, 4.69) is 10.6 Å². The Balaban J connectivity index is 1.73. The third-order valence-electron chi connectivity index (χ3n) is 3.52. The largest absolute Gasteiger partial charge is 0.497 e. The van der Waals surface area contributed by atoms with Crippen LogP contribution in [-0.4, -0.2) is 25.6 Å². The predicted molar refractivity (Wildman–Crippen MR) is 91.9 cm³/mol. The molecule has 24 heavy (non-hydrogen) atoms. The first kappa shape index (κ1) is 17.3. The molecule has 2 aromatic carbocycles. The van der Waals surface area contributed by atoms with Crippen molar-refractivity contribution in [3.63, 3.8) is 0 Å². The number of rotatable bonds is 7. The van der Waals surface area contributed by atoms with Gasteiger partial charge in [0.2, 0.25) is 5.91 Å². The molecule has 0 fully saturated rings. The van der Waals surface area contributed by atoms with Gasteiger partial charge in [-0.1, -0.05) is 24.3 Å². The number of primary amides is 1. The molecular weight excluding hydrogens is 306 g/mol. The van der Waals surface area contributed by atoms with Crippen LogP contribution in [0.15, 0.2) is 48.5 Å². The van der Waals surface area contributed by atoms with Crippen molar-refractivity contribution < 1.29 is 14.3 Å². The number of carbonyl (C=O) groups is 2. The van der Waals surface area contributed by atoms with Gasteiger partial charge in [0.1, 0.15) is 5.75 Å². The average molecular weight is 327 g/mol. The van der Waals surface area contributed by atoms with E-state index in [-0.39, 0.29) is 6.03 Å². The molecule has 3 amide bonds. The highest BCUT2D eigenvalue weighted by molar-refractivity contribution is 5.92. The molecule has 6 heteroatoms. The van der Waals surface area contributed by atoms with Crippen LogP contribution in [0.25, 0.3) is 0 Å². The van der Waals surface area contributed by atoms with E-state index in [1.165, 1.54) is 0 Å². The van der Waals surface area contributed by atoms with Gasteiger partial charge in [-0.2, -0.15) is 0 Å². The van der Waals surface area contributed by atoms with Crippen molar-refractivity contribution in [2.45, 2.75) is 13.0 Å². The Morgan fingerprint density at radius 1 is 1.04 bits per heavy atom. The summed E-state index contributed by atoms with van der Waals surface area (Å²) in [4.78, 5) is 22.9. The Labute approximate surface area is 141 Å². The molecule has 0 saturated carbocycles. The molecule has 0 aliphatic carbocycles. The normalized spacial score (nSPS) is 10.0. The second-order valence-corrected chi connectivity index (χ2v) is 5.27. The number of amides is 3. The third kappa shape index (κ3) is 5.31. The van der Waals surface area contributed by atoms with Crippen LogP contribution in [0.4, 0.5) is 4.79 Å². The Bertz CT molecular complexity index is 699. The number of nitrogens with one attached hydrogen (secondary N) is 2. The maximum Gasteiger partial charge on any atom is 0.315 e. The molecule has 0 spiro atoms. The number of hydrogen-bond acceptors (Lipinski definition) is 3. The molecule has 2 aromatic rings. The lowest BCUT2D eigenvalue weighted by atomic mass is 10.1. The molecule has 0 unspecified atom stereocenters. The molecule has 6 nitrogen and oxygen atoms in total. The van der Waals surface area contributed by atoms with Crippen LogP contribution in [0.1, 0.15) is 21.5 Å². The van der Waals surface area contributed by atoms with E-state index < -0.39 is 5.91 Å². The summed E-state index contributed by atoms with van der Waals surface area (Å²) < 4.78 is 5.10. The van der Waals surface area contributed by atoms with Crippen LogP contribution in [0, 0.1) is 0 Å². The van der Waals surface area contributed by atoms with Crippen molar-refractivity contribution in [3.05, 3.63) is 65.2 Å². The Morgan fingerprint density at radius 2 is 1.79 bits per heavy atom. The summed E-state index contributed by atoms with van der Waals surface area (Å²) in [5.74, 6) is 0.323. The van der Waals surface area contributed by atoms with E-state index in [4.69, 9.17) is 10.5 Å². The first-order chi connectivity index (χ1) is 11.6. The fourth-order valence-electron chi connectivity index (χ4n) is 2.19. The number of urea groups is 1. The standard InChI is InChI=1S/C18H21N3O3/c1-24-16-7-5-13(6-8-16)9-10-20-18(23)21-12-14-3-2-4-15(11-14)17(19)22/h2-8,11H,9-10,12H2,1H3,(H2,19,22)(H2,20,21,23). The van der Waals surface area contributed by atoms with Crippen molar-refractivity contribution in [3.8, 4) is 5.75 Å². The smallest absolute Gasteiger partial charge is 0.315 e. The summed E-state index contributed by atoms with van der Waals surface area (Å²) >= 11 is 0. The minimum absolute atomic E-state index is 0.256. The van der Waals surface area contributed by atoms with E-state index in [0.717, 1.165) is 23.3 Å². The van der Waals surface area contributed by atoms with Gasteiger partial charge in [-0.15, -0.1) is 0 Å². The highest BCUT2D eigenvalue weighted by Crippen LogP contribution is 2.11. The van der Waals surface area contributed by atoms with Gasteiger partial charge in [0.25, 0.3) is 0 Å². The second-order valence-electron chi connectivity index (χ2n) is 5.27. The molecule has 0 heterocycles. The van der Waals surface area contributed by atoms with Gasteiger partial charge in [-0.05, 0) is 41.8 Å². The maximum atomic E-state index is 11.8. The monoisotopic (exact) mass is 327 g/mol. The lowest BCUT2D eigenvalue weighted by Gasteiger charge is -2.09. The number of benzene rings is 2. The van der Waals surface area contributed by atoms with E-state index in [9.17, 15) is 9.59 Å². The van der Waals surface area contributed by atoms with E-state index in [1.54, 1.807) is 25.3 Å². The highest BCUT2D eigenvalue weighted by Gasteiger charge is 2.04. The van der Waals surface area contributed by atoms with Gasteiger partial charge in [-0.25, -0.2) is 4.79 Å². The highest BCUT2D eigenvalue weighted by atomic mass is 16.5. The summed E-state index contributed by atoms with van der Waals surface area (Å²) in [6.07, 6.45) is 0.731. The van der Waals surface area contributed by atoms with Crippen molar-refractivity contribution >= 4 is 11.9 Å². The zero-order valence-corrected chi connectivity index (χ0v) is 13.5. The molecule has 0 aliphatic rings. The SMILES string of the molecule is COc1ccc(CCNC(=O)NCc2cccc(C(N)=O)c2)cc1. The van der Waals surface area contributed by atoms with Crippen LogP contribution in [0.3, 0.4) is 0 Å². The predicted octanol–water partition coefficient (Wildman–Crippen LogP) is 1.84. The lowest BCUT2D eigenvalue weighted by Crippen LogP contribution is -2.36. The summed E-state index contributed by atoms with van der Waals surface area (Å²) in [5.41, 5.74) is 7.59. The third-order valence-corrected chi connectivity index (χ3v) is 3.52. The Hall–Kier alpha value is -3.02. The fraction of sp³-hybridized carbons (Fsp3) is 0.222. The first-order valence-electron chi connectivity index (χ1n) is 7.62. The Kier molecular flexibility index (Phi) is 6.19. The first-order valence-corrected chi connectivity index (χ1v) is 7.62. The maximum absolute atomic E-state index is 11.8. The van der Waals surface area contributed by atoms with Gasteiger partial charge in [0.05, 0.1) is 7.11 Å². The van der Waals surface area contributed by atoms with Crippen LogP contribution in [0.5, 0.6) is 5.75 Å². The zero-order valence-electron chi connectivity index (χ0n) is 13.5. The summed E-state index contributed by atoms with van der Waals surface area (Å²) in [5, 5.41) is 5.54. The van der Waals surface area contributed by atoms with Gasteiger partial charge < -0.3 is 21.1 Å². The molecule has 0 radical (unpaired) electrons. The summed E-state index contributed by atoms with van der Waals surface area (Å²) in [6.45, 7) is 0.856. The van der Waals surface area contributed by atoms with Gasteiger partial charge >= 0.3 is 6.03 Å². The number of carbonyl (C=O) groups excluding carboxylic acids is 2. The minimum Gasteiger partial charge on any atom is -0.497 e. The van der Waals surface area contributed by atoms with Gasteiger partial charge in [-0.3, -0.25) is 4.79 Å². The van der Waals surface area contributed by atoms with E-state index in [1.807, 2.05) is 30.3 Å². The average Bonchev–Trinajstić information content (AvgIpc) is 2.61. The lowest BCUT2D eigenvalue weighted by molar-refractivity contribution is 0.1000. The summed E-state index contributed by atoms with van der Waals surface area (Å²) in [6, 6.07) is 14.3. The van der Waals surface area contributed by atoms with Crippen LogP contribution in [-0.2, 0) is 13.0 Å². The molecule has 0 saturated heterocycles. The van der Waals surface area contributed by atoms with Crippen LogP contribution >= 0.6 is 0 Å². The molecule has 0 aromatic heterocycles. The van der Waals surface area contributed by atoms with E-state index in [0.29, 0.717) is 18.7 Å². The zero-order chi connectivity index (χ0) is 17.4. The molecule has 0 aliphatic heterocycles. The van der Waals surface area contributed by atoms with E-state index >= 15 is 0 Å². The van der Waals surface area contributed by atoms with Gasteiger partial charge in [0.15, 0.2) is 0 Å². The number of hydrogen-bond donors (Lipinski definition) is 3. The molecule has 4 N–H and O–H groups in total. The van der Waals surface area contributed by atoms with Crippen LogP contribution in [0.2, 0.25) is 0 Å². The van der Waals surface area contributed by atoms with Crippen molar-refractivity contribution in [2.24, 2.45) is 5.73 Å². The molecule has 0 atom stereocenters. The van der Waals surface area contributed by atoms with Crippen LogP contribution < -0.4 is 21.1 Å². The Morgan fingerprint density at radius 3 is 2.46 bits per heavy atom. The second kappa shape index (κ2) is 8.57. The number of ether oxygens (including phenoxy) is 1. The minimum atomic E-state index is -0.485. The topological polar surface area (TPSA) is 93.4 Å².